The Morgan fingerprint density at radius 2 is 2.41 bits per heavy atom. The van der Waals surface area contributed by atoms with Crippen LogP contribution in [0.3, 0.4) is 0 Å². The molecule has 0 spiro atoms. The standard InChI is InChI=1S/C9H8ClN5O2/c10-9-7(3-1-2-4-13-14-11)5-12-6-8(9)15(16)17/h1,3,5-6H,2,4H2. The molecule has 0 aliphatic rings. The van der Waals surface area contributed by atoms with Gasteiger partial charge in [-0.3, -0.25) is 15.1 Å². The fraction of sp³-hybridized carbons (Fsp3) is 0.222. The van der Waals surface area contributed by atoms with E-state index >= 15 is 0 Å². The third-order valence-corrected chi connectivity index (χ3v) is 2.25. The predicted octanol–water partition coefficient (Wildman–Crippen LogP) is 3.36. The Balaban J connectivity index is 2.81. The monoisotopic (exact) mass is 253 g/mol. The quantitative estimate of drug-likeness (QED) is 0.201. The van der Waals surface area contributed by atoms with Gasteiger partial charge in [-0.2, -0.15) is 0 Å². The Morgan fingerprint density at radius 3 is 3.06 bits per heavy atom. The van der Waals surface area contributed by atoms with Gasteiger partial charge in [0.05, 0.1) is 4.92 Å². The minimum absolute atomic E-state index is 0.0463. The van der Waals surface area contributed by atoms with E-state index in [0.717, 1.165) is 6.20 Å². The number of hydrogen-bond donors (Lipinski definition) is 0. The van der Waals surface area contributed by atoms with E-state index in [1.807, 2.05) is 0 Å². The van der Waals surface area contributed by atoms with Crippen LogP contribution in [0.5, 0.6) is 0 Å². The molecule has 1 rings (SSSR count). The van der Waals surface area contributed by atoms with E-state index in [4.69, 9.17) is 17.1 Å². The molecule has 0 radical (unpaired) electrons. The van der Waals surface area contributed by atoms with E-state index in [1.165, 1.54) is 6.20 Å². The first kappa shape index (κ1) is 13.0. The molecule has 17 heavy (non-hydrogen) atoms. The largest absolute Gasteiger partial charge is 0.306 e. The van der Waals surface area contributed by atoms with Crippen LogP contribution in [0.15, 0.2) is 23.6 Å². The van der Waals surface area contributed by atoms with Crippen molar-refractivity contribution in [2.24, 2.45) is 5.11 Å². The Labute approximate surface area is 102 Å². The second-order valence-corrected chi connectivity index (χ2v) is 3.34. The van der Waals surface area contributed by atoms with Crippen LogP contribution < -0.4 is 0 Å². The van der Waals surface area contributed by atoms with Crippen molar-refractivity contribution in [2.45, 2.75) is 6.42 Å². The first-order valence-corrected chi connectivity index (χ1v) is 5.00. The summed E-state index contributed by atoms with van der Waals surface area (Å²) in [5.74, 6) is 0. The van der Waals surface area contributed by atoms with Gasteiger partial charge in [-0.15, -0.1) is 0 Å². The summed E-state index contributed by atoms with van der Waals surface area (Å²) in [6, 6.07) is 0. The summed E-state index contributed by atoms with van der Waals surface area (Å²) in [6.07, 6.45) is 6.37. The summed E-state index contributed by atoms with van der Waals surface area (Å²) < 4.78 is 0. The fourth-order valence-corrected chi connectivity index (χ4v) is 1.31. The van der Waals surface area contributed by atoms with Crippen molar-refractivity contribution in [1.29, 1.82) is 0 Å². The number of nitro groups is 1. The molecule has 1 aromatic heterocycles. The van der Waals surface area contributed by atoms with Gasteiger partial charge in [-0.1, -0.05) is 28.9 Å². The number of hydrogen-bond acceptors (Lipinski definition) is 4. The first-order chi connectivity index (χ1) is 8.16. The van der Waals surface area contributed by atoms with Crippen molar-refractivity contribution >= 4 is 23.4 Å². The lowest BCUT2D eigenvalue weighted by atomic mass is 10.2. The van der Waals surface area contributed by atoms with E-state index in [-0.39, 0.29) is 10.7 Å². The molecule has 0 saturated heterocycles. The summed E-state index contributed by atoms with van der Waals surface area (Å²) in [5.41, 5.74) is 8.28. The maximum absolute atomic E-state index is 10.6. The highest BCUT2D eigenvalue weighted by Gasteiger charge is 2.14. The SMILES string of the molecule is [N-]=[N+]=NCCC=Cc1cncc([N+](=O)[O-])c1Cl. The van der Waals surface area contributed by atoms with Crippen LogP contribution in [0.2, 0.25) is 5.02 Å². The zero-order valence-corrected chi connectivity index (χ0v) is 9.41. The van der Waals surface area contributed by atoms with Crippen molar-refractivity contribution in [3.8, 4) is 0 Å². The second kappa shape index (κ2) is 6.47. The molecule has 0 unspecified atom stereocenters. The van der Waals surface area contributed by atoms with Gasteiger partial charge in [-0.25, -0.2) is 0 Å². The third-order valence-electron chi connectivity index (χ3n) is 1.84. The average molecular weight is 254 g/mol. The molecule has 0 fully saturated rings. The lowest BCUT2D eigenvalue weighted by molar-refractivity contribution is -0.385. The maximum Gasteiger partial charge on any atom is 0.306 e. The average Bonchev–Trinajstić information content (AvgIpc) is 2.30. The van der Waals surface area contributed by atoms with Crippen LogP contribution >= 0.6 is 11.6 Å². The molecule has 0 amide bonds. The van der Waals surface area contributed by atoms with Crippen molar-refractivity contribution in [2.75, 3.05) is 6.54 Å². The van der Waals surface area contributed by atoms with E-state index in [0.29, 0.717) is 18.5 Å². The lowest BCUT2D eigenvalue weighted by Crippen LogP contribution is -1.92. The first-order valence-electron chi connectivity index (χ1n) is 4.62. The van der Waals surface area contributed by atoms with Crippen LogP contribution in [0.25, 0.3) is 16.5 Å². The number of azide groups is 1. The molecule has 0 aliphatic heterocycles. The Kier molecular flexibility index (Phi) is 4.93. The smallest absolute Gasteiger partial charge is 0.258 e. The molecule has 0 N–H and O–H groups in total. The number of halogens is 1. The molecule has 1 aromatic rings. The van der Waals surface area contributed by atoms with Gasteiger partial charge in [0, 0.05) is 23.2 Å². The third kappa shape index (κ3) is 3.75. The van der Waals surface area contributed by atoms with Crippen molar-refractivity contribution in [3.63, 3.8) is 0 Å². The Bertz CT molecular complexity index is 496. The van der Waals surface area contributed by atoms with Crippen molar-refractivity contribution in [3.05, 3.63) is 49.6 Å². The molecule has 0 saturated carbocycles. The van der Waals surface area contributed by atoms with Crippen LogP contribution in [0.4, 0.5) is 5.69 Å². The molecular weight excluding hydrogens is 246 g/mol. The van der Waals surface area contributed by atoms with Crippen LogP contribution in [0.1, 0.15) is 12.0 Å². The highest BCUT2D eigenvalue weighted by Crippen LogP contribution is 2.27. The molecule has 0 bridgehead atoms. The Hall–Kier alpha value is -2.11. The molecule has 88 valence electrons. The van der Waals surface area contributed by atoms with Gasteiger partial charge in [-0.05, 0) is 12.0 Å². The van der Waals surface area contributed by atoms with Crippen LogP contribution in [0, 0.1) is 10.1 Å². The van der Waals surface area contributed by atoms with Gasteiger partial charge >= 0.3 is 5.69 Å². The van der Waals surface area contributed by atoms with E-state index in [9.17, 15) is 10.1 Å². The van der Waals surface area contributed by atoms with Gasteiger partial charge in [0.25, 0.3) is 0 Å². The van der Waals surface area contributed by atoms with Gasteiger partial charge in [0.1, 0.15) is 11.2 Å². The van der Waals surface area contributed by atoms with Crippen LogP contribution in [-0.4, -0.2) is 16.5 Å². The number of rotatable bonds is 5. The molecule has 0 atom stereocenters. The predicted molar refractivity (Wildman–Crippen MR) is 63.6 cm³/mol. The summed E-state index contributed by atoms with van der Waals surface area (Å²) in [4.78, 5) is 16.3. The van der Waals surface area contributed by atoms with Crippen LogP contribution in [-0.2, 0) is 0 Å². The fourth-order valence-electron chi connectivity index (χ4n) is 1.08. The number of nitrogens with zero attached hydrogens (tertiary/aromatic N) is 5. The minimum Gasteiger partial charge on any atom is -0.258 e. The van der Waals surface area contributed by atoms with Crippen molar-refractivity contribution < 1.29 is 4.92 Å². The van der Waals surface area contributed by atoms with E-state index < -0.39 is 4.92 Å². The highest BCUT2D eigenvalue weighted by molar-refractivity contribution is 6.34. The van der Waals surface area contributed by atoms with Gasteiger partial charge < -0.3 is 0 Å². The summed E-state index contributed by atoms with van der Waals surface area (Å²) in [7, 11) is 0. The summed E-state index contributed by atoms with van der Waals surface area (Å²) in [6.45, 7) is 0.326. The topological polar surface area (TPSA) is 105 Å². The summed E-state index contributed by atoms with van der Waals surface area (Å²) in [5, 5.41) is 14.0. The molecule has 8 heteroatoms. The summed E-state index contributed by atoms with van der Waals surface area (Å²) >= 11 is 5.83. The zero-order chi connectivity index (χ0) is 12.7. The van der Waals surface area contributed by atoms with Crippen molar-refractivity contribution in [1.82, 2.24) is 4.98 Å². The van der Waals surface area contributed by atoms with Gasteiger partial charge in [0.15, 0.2) is 0 Å². The molecule has 0 aromatic carbocycles. The number of pyridine rings is 1. The Morgan fingerprint density at radius 1 is 1.65 bits per heavy atom. The molecule has 1 heterocycles. The van der Waals surface area contributed by atoms with E-state index in [2.05, 4.69) is 15.0 Å². The van der Waals surface area contributed by atoms with E-state index in [1.54, 1.807) is 12.2 Å². The minimum atomic E-state index is -0.591. The highest BCUT2D eigenvalue weighted by atomic mass is 35.5. The van der Waals surface area contributed by atoms with Gasteiger partial charge in [0.2, 0.25) is 0 Å². The molecule has 7 nitrogen and oxygen atoms in total. The second-order valence-electron chi connectivity index (χ2n) is 2.96. The normalized spacial score (nSPS) is 10.2. The maximum atomic E-state index is 10.6. The number of aromatic nitrogens is 1. The molecule has 0 aliphatic carbocycles. The molecular formula is C9H8ClN5O2. The lowest BCUT2D eigenvalue weighted by Gasteiger charge is -1.98. The zero-order valence-electron chi connectivity index (χ0n) is 8.65.